The molecule has 39 heavy (non-hydrogen) atoms. The zero-order valence-electron chi connectivity index (χ0n) is 21.6. The number of aryl methyl sites for hydroxylation is 1. The third-order valence-electron chi connectivity index (χ3n) is 5.89. The highest BCUT2D eigenvalue weighted by atomic mass is 19.4. The summed E-state index contributed by atoms with van der Waals surface area (Å²) >= 11 is 0. The smallest absolute Gasteiger partial charge is 0.383 e. The molecule has 2 N–H and O–H groups in total. The van der Waals surface area contributed by atoms with Gasteiger partial charge in [0.15, 0.2) is 0 Å². The largest absolute Gasteiger partial charge is 0.416 e. The number of pyridine rings is 1. The van der Waals surface area contributed by atoms with E-state index in [1.54, 1.807) is 55.7 Å². The number of rotatable bonds is 9. The van der Waals surface area contributed by atoms with Gasteiger partial charge in [-0.1, -0.05) is 12.1 Å². The summed E-state index contributed by atoms with van der Waals surface area (Å²) in [7, 11) is 3.43. The first-order chi connectivity index (χ1) is 18.7. The fourth-order valence-electron chi connectivity index (χ4n) is 3.80. The Morgan fingerprint density at radius 3 is 2.59 bits per heavy atom. The summed E-state index contributed by atoms with van der Waals surface area (Å²) < 4.78 is 44.2. The van der Waals surface area contributed by atoms with Gasteiger partial charge in [-0.2, -0.15) is 13.2 Å². The van der Waals surface area contributed by atoms with Crippen LogP contribution in [-0.2, 0) is 10.9 Å². The molecule has 4 aromatic rings. The Bertz CT molecular complexity index is 1440. The summed E-state index contributed by atoms with van der Waals surface area (Å²) in [6.07, 6.45) is -1.17. The van der Waals surface area contributed by atoms with Crippen LogP contribution in [0.3, 0.4) is 0 Å². The molecular formula is C28H27F3N6O2. The van der Waals surface area contributed by atoms with E-state index in [2.05, 4.69) is 25.6 Å². The number of amides is 1. The third kappa shape index (κ3) is 6.88. The van der Waals surface area contributed by atoms with Gasteiger partial charge in [-0.05, 0) is 61.0 Å². The molecule has 2 aromatic carbocycles. The van der Waals surface area contributed by atoms with E-state index in [0.717, 1.165) is 29.1 Å². The Hall–Kier alpha value is -4.51. The molecule has 0 aliphatic carbocycles. The Labute approximate surface area is 223 Å². The van der Waals surface area contributed by atoms with Crippen molar-refractivity contribution in [3.63, 3.8) is 0 Å². The lowest BCUT2D eigenvalue weighted by Crippen LogP contribution is -2.16. The minimum Gasteiger partial charge on any atom is -0.383 e. The van der Waals surface area contributed by atoms with Crippen LogP contribution >= 0.6 is 0 Å². The van der Waals surface area contributed by atoms with Crippen LogP contribution < -0.4 is 15.5 Å². The highest BCUT2D eigenvalue weighted by Crippen LogP contribution is 2.31. The molecule has 8 nitrogen and oxygen atoms in total. The van der Waals surface area contributed by atoms with E-state index in [4.69, 9.17) is 4.74 Å². The molecule has 0 unspecified atom stereocenters. The van der Waals surface area contributed by atoms with Crippen molar-refractivity contribution in [2.75, 3.05) is 42.8 Å². The second-order valence-electron chi connectivity index (χ2n) is 8.69. The van der Waals surface area contributed by atoms with Crippen LogP contribution in [0.15, 0.2) is 73.1 Å². The standard InChI is InChI=1S/C28H27F3N6O2/c1-18-7-9-22(35-26(38)19-5-4-6-21(15-19)28(29,30)31)16-24(18)37(2)27-33-12-11-23(36-27)20-8-10-25(34-17-20)32-13-14-39-3/h4-12,15-17H,13-14H2,1-3H3,(H,32,34)(H,35,38). The lowest BCUT2D eigenvalue weighted by molar-refractivity contribution is -0.137. The number of hydrogen-bond acceptors (Lipinski definition) is 7. The first kappa shape index (κ1) is 27.5. The predicted molar refractivity (Wildman–Crippen MR) is 144 cm³/mol. The van der Waals surface area contributed by atoms with Crippen LogP contribution in [0.5, 0.6) is 0 Å². The molecule has 0 spiro atoms. The van der Waals surface area contributed by atoms with Crippen molar-refractivity contribution in [3.8, 4) is 11.3 Å². The molecule has 0 saturated heterocycles. The van der Waals surface area contributed by atoms with Gasteiger partial charge in [0, 0.05) is 55.6 Å². The normalized spacial score (nSPS) is 11.2. The summed E-state index contributed by atoms with van der Waals surface area (Å²) in [4.78, 5) is 28.0. The number of anilines is 4. The lowest BCUT2D eigenvalue weighted by Gasteiger charge is -2.21. The summed E-state index contributed by atoms with van der Waals surface area (Å²) in [5, 5.41) is 5.84. The van der Waals surface area contributed by atoms with Gasteiger partial charge in [-0.3, -0.25) is 4.79 Å². The quantitative estimate of drug-likeness (QED) is 0.256. The number of benzene rings is 2. The molecular weight excluding hydrogens is 509 g/mol. The van der Waals surface area contributed by atoms with Gasteiger partial charge in [0.2, 0.25) is 5.95 Å². The number of hydrogen-bond donors (Lipinski definition) is 2. The molecule has 0 fully saturated rings. The topological polar surface area (TPSA) is 92.3 Å². The molecule has 4 rings (SSSR count). The number of aromatic nitrogens is 3. The Kier molecular flexibility index (Phi) is 8.40. The highest BCUT2D eigenvalue weighted by molar-refractivity contribution is 6.04. The van der Waals surface area contributed by atoms with E-state index < -0.39 is 17.6 Å². The van der Waals surface area contributed by atoms with E-state index in [1.165, 1.54) is 12.1 Å². The fraction of sp³-hybridized carbons (Fsp3) is 0.214. The van der Waals surface area contributed by atoms with Crippen molar-refractivity contribution < 1.29 is 22.7 Å². The zero-order valence-corrected chi connectivity index (χ0v) is 21.6. The molecule has 1 amide bonds. The maximum Gasteiger partial charge on any atom is 0.416 e. The Morgan fingerprint density at radius 1 is 1.05 bits per heavy atom. The summed E-state index contributed by atoms with van der Waals surface area (Å²) in [6, 6.07) is 15.0. The van der Waals surface area contributed by atoms with Crippen molar-refractivity contribution in [3.05, 3.63) is 89.7 Å². The maximum absolute atomic E-state index is 13.1. The van der Waals surface area contributed by atoms with Gasteiger partial charge in [0.05, 0.1) is 17.9 Å². The summed E-state index contributed by atoms with van der Waals surface area (Å²) in [5.41, 5.74) is 2.52. The number of alkyl halides is 3. The van der Waals surface area contributed by atoms with Crippen molar-refractivity contribution in [2.24, 2.45) is 0 Å². The van der Waals surface area contributed by atoms with Gasteiger partial charge in [-0.25, -0.2) is 15.0 Å². The number of ether oxygens (including phenoxy) is 1. The second kappa shape index (κ2) is 11.9. The number of methoxy groups -OCH3 is 1. The zero-order chi connectivity index (χ0) is 28.0. The number of carbonyl (C=O) groups is 1. The Morgan fingerprint density at radius 2 is 1.87 bits per heavy atom. The van der Waals surface area contributed by atoms with Crippen LogP contribution in [0.1, 0.15) is 21.5 Å². The van der Waals surface area contributed by atoms with Gasteiger partial charge in [-0.15, -0.1) is 0 Å². The minimum atomic E-state index is -4.54. The molecule has 0 bridgehead atoms. The van der Waals surface area contributed by atoms with E-state index in [1.807, 2.05) is 19.1 Å². The maximum atomic E-state index is 13.1. The molecule has 0 saturated carbocycles. The molecule has 11 heteroatoms. The number of nitrogens with one attached hydrogen (secondary N) is 2. The van der Waals surface area contributed by atoms with E-state index in [-0.39, 0.29) is 5.56 Å². The lowest BCUT2D eigenvalue weighted by atomic mass is 10.1. The average molecular weight is 537 g/mol. The van der Waals surface area contributed by atoms with Crippen LogP contribution in [0.2, 0.25) is 0 Å². The van der Waals surface area contributed by atoms with Gasteiger partial charge >= 0.3 is 6.18 Å². The first-order valence-electron chi connectivity index (χ1n) is 12.0. The van der Waals surface area contributed by atoms with E-state index in [9.17, 15) is 18.0 Å². The number of halogens is 3. The molecule has 0 atom stereocenters. The summed E-state index contributed by atoms with van der Waals surface area (Å²) in [5.74, 6) is 0.491. The van der Waals surface area contributed by atoms with Crippen molar-refractivity contribution >= 4 is 29.0 Å². The monoisotopic (exact) mass is 536 g/mol. The van der Waals surface area contributed by atoms with Gasteiger partial charge in [0.1, 0.15) is 5.82 Å². The predicted octanol–water partition coefficient (Wildman–Crippen LogP) is 5.94. The fourth-order valence-corrected chi connectivity index (χ4v) is 3.80. The minimum absolute atomic E-state index is 0.0927. The average Bonchev–Trinajstić information content (AvgIpc) is 2.94. The van der Waals surface area contributed by atoms with Crippen LogP contribution in [0.4, 0.5) is 36.3 Å². The number of nitrogens with zero attached hydrogens (tertiary/aromatic N) is 4. The number of carbonyl (C=O) groups excluding carboxylic acids is 1. The Balaban J connectivity index is 1.52. The van der Waals surface area contributed by atoms with Crippen LogP contribution in [-0.4, -0.2) is 48.2 Å². The van der Waals surface area contributed by atoms with Crippen molar-refractivity contribution in [1.29, 1.82) is 0 Å². The highest BCUT2D eigenvalue weighted by Gasteiger charge is 2.31. The molecule has 202 valence electrons. The third-order valence-corrected chi connectivity index (χ3v) is 5.89. The summed E-state index contributed by atoms with van der Waals surface area (Å²) in [6.45, 7) is 3.11. The SMILES string of the molecule is COCCNc1ccc(-c2ccnc(N(C)c3cc(NC(=O)c4cccc(C(F)(F)F)c4)ccc3C)n2)cn1. The van der Waals surface area contributed by atoms with Crippen LogP contribution in [0.25, 0.3) is 11.3 Å². The molecule has 2 aromatic heterocycles. The van der Waals surface area contributed by atoms with Crippen LogP contribution in [0, 0.1) is 6.92 Å². The second-order valence-corrected chi connectivity index (χ2v) is 8.69. The van der Waals surface area contributed by atoms with E-state index >= 15 is 0 Å². The van der Waals surface area contributed by atoms with Crippen molar-refractivity contribution in [2.45, 2.75) is 13.1 Å². The van der Waals surface area contributed by atoms with E-state index in [0.29, 0.717) is 36.2 Å². The molecule has 2 heterocycles. The van der Waals surface area contributed by atoms with Gasteiger partial charge in [0.25, 0.3) is 5.91 Å². The van der Waals surface area contributed by atoms with Gasteiger partial charge < -0.3 is 20.3 Å². The molecule has 0 radical (unpaired) electrons. The van der Waals surface area contributed by atoms with Crippen molar-refractivity contribution in [1.82, 2.24) is 15.0 Å². The first-order valence-corrected chi connectivity index (χ1v) is 12.0. The molecule has 0 aliphatic heterocycles. The molecule has 0 aliphatic rings.